The van der Waals surface area contributed by atoms with E-state index in [9.17, 15) is 9.59 Å². The zero-order chi connectivity index (χ0) is 19.5. The van der Waals surface area contributed by atoms with Gasteiger partial charge in [0.05, 0.1) is 16.6 Å². The number of hydrogen-bond acceptors (Lipinski definition) is 2. The van der Waals surface area contributed by atoms with Gasteiger partial charge in [-0.3, -0.25) is 9.59 Å². The van der Waals surface area contributed by atoms with E-state index in [-0.39, 0.29) is 10.9 Å². The van der Waals surface area contributed by atoms with Crippen LogP contribution in [0, 0.1) is 0 Å². The highest BCUT2D eigenvalue weighted by Crippen LogP contribution is 2.29. The lowest BCUT2D eigenvalue weighted by atomic mass is 9.99. The molecule has 0 atom stereocenters. The van der Waals surface area contributed by atoms with Gasteiger partial charge in [-0.2, -0.15) is 0 Å². The lowest BCUT2D eigenvalue weighted by Gasteiger charge is -2.15. The average molecular weight is 373 g/mol. The quantitative estimate of drug-likeness (QED) is 0.293. The Morgan fingerprint density at radius 2 is 1.10 bits per heavy atom. The largest absolute Gasteiger partial charge is 0.308 e. The van der Waals surface area contributed by atoms with E-state index in [0.29, 0.717) is 27.1 Å². The third-order valence-corrected chi connectivity index (χ3v) is 5.73. The van der Waals surface area contributed by atoms with Crippen molar-refractivity contribution in [2.24, 2.45) is 0 Å². The van der Waals surface area contributed by atoms with Gasteiger partial charge in [0.15, 0.2) is 10.9 Å². The second kappa shape index (κ2) is 5.76. The fourth-order valence-electron chi connectivity index (χ4n) is 4.40. The minimum atomic E-state index is -0.0435. The molecule has 0 radical (unpaired) electrons. The lowest BCUT2D eigenvalue weighted by molar-refractivity contribution is 1.31. The smallest absolute Gasteiger partial charge is 0.197 e. The highest BCUT2D eigenvalue weighted by atomic mass is 16.1. The summed E-state index contributed by atoms with van der Waals surface area (Å²) in [5.74, 6) is 0. The summed E-state index contributed by atoms with van der Waals surface area (Å²) in [5, 5.41) is 2.46. The molecular weight excluding hydrogens is 358 g/mol. The lowest BCUT2D eigenvalue weighted by Crippen LogP contribution is -2.13. The molecule has 0 aliphatic rings. The van der Waals surface area contributed by atoms with Crippen molar-refractivity contribution in [1.82, 2.24) is 4.40 Å². The van der Waals surface area contributed by atoms with Gasteiger partial charge in [-0.15, -0.1) is 0 Å². The first kappa shape index (κ1) is 16.0. The van der Waals surface area contributed by atoms with E-state index in [0.717, 1.165) is 22.2 Å². The SMILES string of the molecule is O=c1c2ccccc2n2c3ccc(-c4ccccc4)cc3c(=O)c3cccc1c32. The molecule has 0 saturated heterocycles. The molecular formula is C26H15NO2. The number of para-hydroxylation sites is 2. The first-order valence-corrected chi connectivity index (χ1v) is 9.55. The Morgan fingerprint density at radius 1 is 0.483 bits per heavy atom. The van der Waals surface area contributed by atoms with Gasteiger partial charge in [-0.25, -0.2) is 0 Å². The maximum atomic E-state index is 13.4. The van der Waals surface area contributed by atoms with E-state index >= 15 is 0 Å². The summed E-state index contributed by atoms with van der Waals surface area (Å²) >= 11 is 0. The molecule has 0 amide bonds. The summed E-state index contributed by atoms with van der Waals surface area (Å²) in [7, 11) is 0. The molecule has 0 N–H and O–H groups in total. The third kappa shape index (κ3) is 2.13. The molecule has 0 unspecified atom stereocenters. The molecule has 0 spiro atoms. The fourth-order valence-corrected chi connectivity index (χ4v) is 4.40. The molecule has 0 aliphatic carbocycles. The molecule has 0 fully saturated rings. The predicted octanol–water partition coefficient (Wildman–Crippen LogP) is 5.22. The maximum absolute atomic E-state index is 13.4. The van der Waals surface area contributed by atoms with Crippen LogP contribution in [-0.4, -0.2) is 4.40 Å². The van der Waals surface area contributed by atoms with Gasteiger partial charge in [0, 0.05) is 21.5 Å². The molecule has 3 heteroatoms. The van der Waals surface area contributed by atoms with E-state index in [1.165, 1.54) is 0 Å². The van der Waals surface area contributed by atoms with Crippen LogP contribution in [0.4, 0.5) is 0 Å². The monoisotopic (exact) mass is 373 g/mol. The Balaban J connectivity index is 1.90. The highest BCUT2D eigenvalue weighted by Gasteiger charge is 2.16. The molecule has 3 nitrogen and oxygen atoms in total. The van der Waals surface area contributed by atoms with Gasteiger partial charge in [0.25, 0.3) is 0 Å². The number of rotatable bonds is 1. The normalized spacial score (nSPS) is 11.7. The summed E-state index contributed by atoms with van der Waals surface area (Å²) in [6, 6.07) is 29.0. The number of nitrogens with zero attached hydrogens (tertiary/aromatic N) is 1. The van der Waals surface area contributed by atoms with Crippen molar-refractivity contribution in [3.05, 3.63) is 111 Å². The summed E-state index contributed by atoms with van der Waals surface area (Å²) in [6.07, 6.45) is 0. The number of pyridine rings is 2. The second-order valence-corrected chi connectivity index (χ2v) is 7.31. The number of benzene rings is 4. The molecule has 0 bridgehead atoms. The molecule has 6 aromatic rings. The molecule has 0 aliphatic heterocycles. The van der Waals surface area contributed by atoms with Crippen LogP contribution >= 0.6 is 0 Å². The summed E-state index contributed by atoms with van der Waals surface area (Å²) in [6.45, 7) is 0. The summed E-state index contributed by atoms with van der Waals surface area (Å²) in [5.41, 5.74) is 4.31. The van der Waals surface area contributed by atoms with Gasteiger partial charge in [-0.05, 0) is 47.5 Å². The number of aromatic nitrogens is 1. The van der Waals surface area contributed by atoms with Crippen molar-refractivity contribution < 1.29 is 0 Å². The molecule has 2 aromatic heterocycles. The Bertz CT molecular complexity index is 1680. The van der Waals surface area contributed by atoms with Crippen molar-refractivity contribution in [3.63, 3.8) is 0 Å². The van der Waals surface area contributed by atoms with Crippen molar-refractivity contribution in [3.8, 4) is 11.1 Å². The average Bonchev–Trinajstić information content (AvgIpc) is 2.79. The van der Waals surface area contributed by atoms with Crippen LogP contribution in [0.5, 0.6) is 0 Å². The molecule has 136 valence electrons. The van der Waals surface area contributed by atoms with E-state index in [4.69, 9.17) is 0 Å². The standard InChI is InChI=1S/C26H15NO2/c28-25-18-9-4-5-12-22(18)27-23-14-13-17(16-7-2-1-3-8-16)15-21(23)26(29)20-11-6-10-19(25)24(20)27/h1-15H. The van der Waals surface area contributed by atoms with Gasteiger partial charge >= 0.3 is 0 Å². The van der Waals surface area contributed by atoms with Gasteiger partial charge in [0.2, 0.25) is 0 Å². The van der Waals surface area contributed by atoms with E-state index in [2.05, 4.69) is 4.40 Å². The topological polar surface area (TPSA) is 38.5 Å². The Morgan fingerprint density at radius 3 is 1.90 bits per heavy atom. The zero-order valence-electron chi connectivity index (χ0n) is 15.4. The minimum absolute atomic E-state index is 0.0362. The first-order valence-electron chi connectivity index (χ1n) is 9.55. The Hall–Kier alpha value is -3.98. The molecule has 29 heavy (non-hydrogen) atoms. The second-order valence-electron chi connectivity index (χ2n) is 7.31. The molecule has 2 heterocycles. The molecule has 4 aromatic carbocycles. The van der Waals surface area contributed by atoms with Crippen LogP contribution in [0.15, 0.2) is 101 Å². The third-order valence-electron chi connectivity index (χ3n) is 5.73. The van der Waals surface area contributed by atoms with E-state index < -0.39 is 0 Å². The Kier molecular flexibility index (Phi) is 3.18. The van der Waals surface area contributed by atoms with Gasteiger partial charge < -0.3 is 4.40 Å². The van der Waals surface area contributed by atoms with Crippen LogP contribution < -0.4 is 10.9 Å². The van der Waals surface area contributed by atoms with Crippen molar-refractivity contribution in [2.45, 2.75) is 0 Å². The highest BCUT2D eigenvalue weighted by molar-refractivity contribution is 6.08. The molecule has 6 rings (SSSR count). The van der Waals surface area contributed by atoms with Crippen molar-refractivity contribution >= 4 is 38.1 Å². The van der Waals surface area contributed by atoms with Gasteiger partial charge in [0.1, 0.15) is 0 Å². The van der Waals surface area contributed by atoms with Crippen LogP contribution in [-0.2, 0) is 0 Å². The number of hydrogen-bond donors (Lipinski definition) is 0. The van der Waals surface area contributed by atoms with Crippen LogP contribution in [0.25, 0.3) is 49.2 Å². The van der Waals surface area contributed by atoms with E-state index in [1.54, 1.807) is 12.1 Å². The van der Waals surface area contributed by atoms with Crippen LogP contribution in [0.2, 0.25) is 0 Å². The fraction of sp³-hybridized carbons (Fsp3) is 0. The zero-order valence-corrected chi connectivity index (χ0v) is 15.4. The van der Waals surface area contributed by atoms with Crippen LogP contribution in [0.1, 0.15) is 0 Å². The van der Waals surface area contributed by atoms with Crippen molar-refractivity contribution in [1.29, 1.82) is 0 Å². The first-order chi connectivity index (χ1) is 14.2. The van der Waals surface area contributed by atoms with Gasteiger partial charge in [-0.1, -0.05) is 54.6 Å². The number of fused-ring (bicyclic) bond motifs is 4. The van der Waals surface area contributed by atoms with E-state index in [1.807, 2.05) is 78.9 Å². The molecule has 0 saturated carbocycles. The summed E-state index contributed by atoms with van der Waals surface area (Å²) in [4.78, 5) is 26.5. The predicted molar refractivity (Wildman–Crippen MR) is 119 cm³/mol. The minimum Gasteiger partial charge on any atom is -0.308 e. The Labute approximate surface area is 165 Å². The maximum Gasteiger partial charge on any atom is 0.197 e. The van der Waals surface area contributed by atoms with Crippen LogP contribution in [0.3, 0.4) is 0 Å². The summed E-state index contributed by atoms with van der Waals surface area (Å²) < 4.78 is 2.06. The van der Waals surface area contributed by atoms with Crippen molar-refractivity contribution in [2.75, 3.05) is 0 Å².